The Morgan fingerprint density at radius 3 is 1.67 bits per heavy atom. The Morgan fingerprint density at radius 1 is 0.641 bits per heavy atom. The minimum atomic E-state index is 0.519. The maximum Gasteiger partial charge on any atom is 0.260 e. The van der Waals surface area contributed by atoms with E-state index in [4.69, 9.17) is 0 Å². The molecule has 0 saturated carbocycles. The number of imidazole rings is 1. The predicted octanol–water partition coefficient (Wildman–Crippen LogP) is 10.1. The maximum absolute atomic E-state index is 2.65. The number of nitrogens with zero attached hydrogens (tertiary/aromatic N) is 2. The number of hydrogen-bond acceptors (Lipinski definition) is 0. The number of hydrogen-bond donors (Lipinski definition) is 0. The standard InChI is InChI=1S/C37H57N2/c1-4-5-6-7-8-9-10-11-12-13-14-15-16-17-24-29-39-36(30-33(2)35-27-22-19-23-28-35)32-38(3)37(39)31-34-25-20-18-21-26-34/h18-23,25-28,32-33H,4-17,24,29-31H2,1-3H3/q+1. The molecule has 0 aliphatic heterocycles. The first kappa shape index (κ1) is 31.2. The summed E-state index contributed by atoms with van der Waals surface area (Å²) >= 11 is 0. The van der Waals surface area contributed by atoms with Gasteiger partial charge in [-0.15, -0.1) is 0 Å². The fraction of sp³-hybridized carbons (Fsp3) is 0.595. The average molecular weight is 530 g/mol. The molecular formula is C37H57N2+. The molecule has 39 heavy (non-hydrogen) atoms. The van der Waals surface area contributed by atoms with Gasteiger partial charge in [0.1, 0.15) is 11.9 Å². The lowest BCUT2D eigenvalue weighted by Crippen LogP contribution is -2.32. The van der Waals surface area contributed by atoms with E-state index in [-0.39, 0.29) is 0 Å². The Kier molecular flexibility index (Phi) is 15.1. The summed E-state index contributed by atoms with van der Waals surface area (Å²) in [7, 11) is 2.23. The van der Waals surface area contributed by atoms with Crippen molar-refractivity contribution in [1.82, 2.24) is 4.57 Å². The number of rotatable bonds is 21. The molecule has 3 aromatic rings. The molecule has 0 saturated heterocycles. The fourth-order valence-corrected chi connectivity index (χ4v) is 6.01. The molecule has 2 nitrogen and oxygen atoms in total. The van der Waals surface area contributed by atoms with E-state index in [0.717, 1.165) is 19.4 Å². The van der Waals surface area contributed by atoms with Crippen LogP contribution in [-0.2, 0) is 26.4 Å². The van der Waals surface area contributed by atoms with Crippen LogP contribution in [0.5, 0.6) is 0 Å². The van der Waals surface area contributed by atoms with E-state index < -0.39 is 0 Å². The highest BCUT2D eigenvalue weighted by Gasteiger charge is 2.23. The van der Waals surface area contributed by atoms with Crippen molar-refractivity contribution >= 4 is 0 Å². The van der Waals surface area contributed by atoms with Gasteiger partial charge in [0, 0.05) is 6.42 Å². The predicted molar refractivity (Wildman–Crippen MR) is 168 cm³/mol. The molecule has 0 fully saturated rings. The van der Waals surface area contributed by atoms with Gasteiger partial charge >= 0.3 is 0 Å². The molecular weight excluding hydrogens is 472 g/mol. The summed E-state index contributed by atoms with van der Waals surface area (Å²) in [6.07, 6.45) is 25.7. The van der Waals surface area contributed by atoms with Crippen molar-refractivity contribution in [2.24, 2.45) is 7.05 Å². The highest BCUT2D eigenvalue weighted by Crippen LogP contribution is 2.22. The van der Waals surface area contributed by atoms with Crippen molar-refractivity contribution in [3.05, 3.63) is 89.5 Å². The number of aromatic nitrogens is 2. The Labute approximate surface area is 240 Å². The van der Waals surface area contributed by atoms with Gasteiger partial charge in [-0.05, 0) is 29.9 Å². The van der Waals surface area contributed by atoms with Gasteiger partial charge in [0.15, 0.2) is 0 Å². The van der Waals surface area contributed by atoms with Crippen LogP contribution in [0.2, 0.25) is 0 Å². The molecule has 0 aliphatic rings. The van der Waals surface area contributed by atoms with Crippen LogP contribution >= 0.6 is 0 Å². The third-order valence-electron chi connectivity index (χ3n) is 8.48. The van der Waals surface area contributed by atoms with Crippen molar-refractivity contribution in [2.45, 2.75) is 135 Å². The molecule has 3 rings (SSSR count). The highest BCUT2D eigenvalue weighted by molar-refractivity contribution is 5.22. The summed E-state index contributed by atoms with van der Waals surface area (Å²) in [6, 6.07) is 22.0. The van der Waals surface area contributed by atoms with Gasteiger partial charge in [-0.2, -0.15) is 0 Å². The molecule has 0 bridgehead atoms. The molecule has 1 unspecified atom stereocenters. The van der Waals surface area contributed by atoms with Crippen LogP contribution in [0, 0.1) is 0 Å². The van der Waals surface area contributed by atoms with Crippen molar-refractivity contribution in [2.75, 3.05) is 0 Å². The Morgan fingerprint density at radius 2 is 1.13 bits per heavy atom. The molecule has 0 spiro atoms. The Bertz CT molecular complexity index is 1000. The van der Waals surface area contributed by atoms with Crippen LogP contribution in [-0.4, -0.2) is 4.57 Å². The summed E-state index contributed by atoms with van der Waals surface area (Å²) in [5, 5.41) is 0. The van der Waals surface area contributed by atoms with Crippen molar-refractivity contribution in [3.63, 3.8) is 0 Å². The van der Waals surface area contributed by atoms with Crippen LogP contribution < -0.4 is 4.57 Å². The quantitative estimate of drug-likeness (QED) is 0.0958. The van der Waals surface area contributed by atoms with Gasteiger partial charge in [0.2, 0.25) is 0 Å². The van der Waals surface area contributed by atoms with Gasteiger partial charge in [0.25, 0.3) is 5.82 Å². The van der Waals surface area contributed by atoms with E-state index >= 15 is 0 Å². The lowest BCUT2D eigenvalue weighted by molar-refractivity contribution is -0.678. The second-order valence-corrected chi connectivity index (χ2v) is 11.9. The highest BCUT2D eigenvalue weighted by atomic mass is 15.1. The first-order valence-electron chi connectivity index (χ1n) is 16.3. The smallest absolute Gasteiger partial charge is 0.236 e. The van der Waals surface area contributed by atoms with Gasteiger partial charge in [0.05, 0.1) is 20.0 Å². The van der Waals surface area contributed by atoms with Crippen molar-refractivity contribution in [1.29, 1.82) is 0 Å². The molecule has 214 valence electrons. The molecule has 2 aromatic carbocycles. The van der Waals surface area contributed by atoms with E-state index in [2.05, 4.69) is 96.9 Å². The molecule has 0 N–H and O–H groups in total. The number of benzene rings is 2. The van der Waals surface area contributed by atoms with Crippen LogP contribution in [0.15, 0.2) is 66.9 Å². The second kappa shape index (κ2) is 18.9. The van der Waals surface area contributed by atoms with E-state index in [9.17, 15) is 0 Å². The normalized spacial score (nSPS) is 12.2. The minimum Gasteiger partial charge on any atom is -0.236 e. The molecule has 1 heterocycles. The summed E-state index contributed by atoms with van der Waals surface area (Å²) in [6.45, 7) is 5.81. The van der Waals surface area contributed by atoms with E-state index in [1.165, 1.54) is 119 Å². The van der Waals surface area contributed by atoms with Gasteiger partial charge in [-0.3, -0.25) is 0 Å². The zero-order valence-electron chi connectivity index (χ0n) is 25.6. The van der Waals surface area contributed by atoms with Gasteiger partial charge < -0.3 is 0 Å². The third kappa shape index (κ3) is 11.7. The first-order valence-corrected chi connectivity index (χ1v) is 16.3. The minimum absolute atomic E-state index is 0.519. The SMILES string of the molecule is CCCCCCCCCCCCCCCCCn1c(CC(C)c2ccccc2)c[n+](C)c1Cc1ccccc1. The summed E-state index contributed by atoms with van der Waals surface area (Å²) in [4.78, 5) is 0. The van der Waals surface area contributed by atoms with Crippen LogP contribution in [0.4, 0.5) is 0 Å². The van der Waals surface area contributed by atoms with Gasteiger partial charge in [-0.1, -0.05) is 158 Å². The number of aryl methyl sites for hydroxylation is 1. The fourth-order valence-electron chi connectivity index (χ4n) is 6.01. The molecule has 0 radical (unpaired) electrons. The third-order valence-corrected chi connectivity index (χ3v) is 8.48. The lowest BCUT2D eigenvalue weighted by Gasteiger charge is -2.12. The zero-order chi connectivity index (χ0) is 27.5. The summed E-state index contributed by atoms with van der Waals surface area (Å²) in [5.41, 5.74) is 4.31. The zero-order valence-corrected chi connectivity index (χ0v) is 25.6. The molecule has 1 atom stereocenters. The number of unbranched alkanes of at least 4 members (excludes halogenated alkanes) is 14. The molecule has 1 aromatic heterocycles. The van der Waals surface area contributed by atoms with Gasteiger partial charge in [-0.25, -0.2) is 9.13 Å². The lowest BCUT2D eigenvalue weighted by atomic mass is 9.96. The average Bonchev–Trinajstić information content (AvgIpc) is 3.24. The Balaban J connectivity index is 1.42. The largest absolute Gasteiger partial charge is 0.260 e. The van der Waals surface area contributed by atoms with E-state index in [0.29, 0.717) is 5.92 Å². The van der Waals surface area contributed by atoms with Crippen molar-refractivity contribution in [3.8, 4) is 0 Å². The summed E-state index contributed by atoms with van der Waals surface area (Å²) in [5.74, 6) is 1.95. The van der Waals surface area contributed by atoms with E-state index in [1.54, 1.807) is 0 Å². The van der Waals surface area contributed by atoms with E-state index in [1.807, 2.05) is 0 Å². The first-order chi connectivity index (χ1) is 19.2. The second-order valence-electron chi connectivity index (χ2n) is 11.9. The van der Waals surface area contributed by atoms with Crippen LogP contribution in [0.1, 0.15) is 139 Å². The molecule has 2 heteroatoms. The van der Waals surface area contributed by atoms with Crippen molar-refractivity contribution < 1.29 is 4.57 Å². The van der Waals surface area contributed by atoms with Crippen LogP contribution in [0.3, 0.4) is 0 Å². The maximum atomic E-state index is 2.65. The molecule has 0 amide bonds. The van der Waals surface area contributed by atoms with Crippen LogP contribution in [0.25, 0.3) is 0 Å². The Hall–Kier alpha value is -2.35. The molecule has 0 aliphatic carbocycles. The topological polar surface area (TPSA) is 8.81 Å². The monoisotopic (exact) mass is 529 g/mol. The summed E-state index contributed by atoms with van der Waals surface area (Å²) < 4.78 is 5.03.